The number of aliphatic hydroxyl groups is 6. The Bertz CT molecular complexity index is 1360. The van der Waals surface area contributed by atoms with E-state index in [-0.39, 0.29) is 33.4 Å². The lowest BCUT2D eigenvalue weighted by molar-refractivity contribution is -0.354. The van der Waals surface area contributed by atoms with Gasteiger partial charge in [0.15, 0.2) is 12.4 Å². The van der Waals surface area contributed by atoms with Crippen LogP contribution in [-0.2, 0) is 14.2 Å². The number of aromatic hydroxyl groups is 1. The average Bonchev–Trinajstić information content (AvgIpc) is 2.90. The molecular weight excluding hydrogens is 508 g/mol. The molecule has 206 valence electrons. The van der Waals surface area contributed by atoms with Crippen LogP contribution >= 0.6 is 0 Å². The molecule has 38 heavy (non-hydrogen) atoms. The first-order valence-corrected chi connectivity index (χ1v) is 11.9. The van der Waals surface area contributed by atoms with Crippen molar-refractivity contribution in [1.82, 2.24) is 0 Å². The summed E-state index contributed by atoms with van der Waals surface area (Å²) in [5, 5.41) is 71.4. The summed E-state index contributed by atoms with van der Waals surface area (Å²) >= 11 is 0. The summed E-state index contributed by atoms with van der Waals surface area (Å²) < 4.78 is 28.3. The Balaban J connectivity index is 1.47. The Morgan fingerprint density at radius 1 is 0.868 bits per heavy atom. The Labute approximate surface area is 214 Å². The van der Waals surface area contributed by atoms with Crippen molar-refractivity contribution in [3.63, 3.8) is 0 Å². The second-order valence-corrected chi connectivity index (χ2v) is 9.35. The SMILES string of the molecule is C[C@@H]1O[C@@H](O[C@H]2[C@H](Oc3ccc4oc5cccc(O)c5c(=O)c4c3)O[C@@H](CO)[C@H](O)[C@@H]2O)[C@@H](O)[C@@H](O)[C@H]1O. The number of aliphatic hydroxyl groups excluding tert-OH is 6. The monoisotopic (exact) mass is 536 g/mol. The van der Waals surface area contributed by atoms with E-state index in [4.69, 9.17) is 23.4 Å². The van der Waals surface area contributed by atoms with Crippen molar-refractivity contribution in [2.24, 2.45) is 0 Å². The van der Waals surface area contributed by atoms with Gasteiger partial charge in [0.05, 0.1) is 18.1 Å². The molecule has 3 heterocycles. The highest BCUT2D eigenvalue weighted by atomic mass is 16.8. The van der Waals surface area contributed by atoms with Crippen molar-refractivity contribution < 1.29 is 59.1 Å². The molecule has 13 nitrogen and oxygen atoms in total. The predicted molar refractivity (Wildman–Crippen MR) is 127 cm³/mol. The summed E-state index contributed by atoms with van der Waals surface area (Å²) in [6.07, 6.45) is -14.8. The number of benzene rings is 2. The number of ether oxygens (including phenoxy) is 4. The lowest BCUT2D eigenvalue weighted by Crippen LogP contribution is -2.64. The van der Waals surface area contributed by atoms with E-state index < -0.39 is 73.4 Å². The van der Waals surface area contributed by atoms with Crippen LogP contribution in [-0.4, -0.2) is 104 Å². The van der Waals surface area contributed by atoms with E-state index in [9.17, 15) is 40.5 Å². The van der Waals surface area contributed by atoms with Crippen LogP contribution in [0, 0.1) is 0 Å². The molecule has 0 spiro atoms. The molecule has 7 N–H and O–H groups in total. The predicted octanol–water partition coefficient (Wildman–Crippen LogP) is -1.32. The Morgan fingerprint density at radius 3 is 2.37 bits per heavy atom. The van der Waals surface area contributed by atoms with Crippen LogP contribution in [0.1, 0.15) is 6.92 Å². The number of hydrogen-bond donors (Lipinski definition) is 7. The molecule has 2 aliphatic heterocycles. The Kier molecular flexibility index (Phi) is 7.30. The van der Waals surface area contributed by atoms with Crippen molar-refractivity contribution >= 4 is 21.9 Å². The van der Waals surface area contributed by atoms with Crippen LogP contribution in [0.3, 0.4) is 0 Å². The van der Waals surface area contributed by atoms with Crippen LogP contribution in [0.4, 0.5) is 0 Å². The van der Waals surface area contributed by atoms with Gasteiger partial charge in [-0.3, -0.25) is 4.79 Å². The summed E-state index contributed by atoms with van der Waals surface area (Å²) in [5.74, 6) is -0.212. The lowest BCUT2D eigenvalue weighted by Gasteiger charge is -2.45. The summed E-state index contributed by atoms with van der Waals surface area (Å²) in [6.45, 7) is 0.762. The van der Waals surface area contributed by atoms with Gasteiger partial charge in [-0.05, 0) is 37.3 Å². The van der Waals surface area contributed by atoms with Crippen LogP contribution in [0.15, 0.2) is 45.6 Å². The van der Waals surface area contributed by atoms with Gasteiger partial charge in [-0.1, -0.05) is 6.07 Å². The van der Waals surface area contributed by atoms with Crippen molar-refractivity contribution in [2.45, 2.75) is 68.3 Å². The number of fused-ring (bicyclic) bond motifs is 2. The molecule has 2 aromatic carbocycles. The van der Waals surface area contributed by atoms with E-state index in [0.29, 0.717) is 0 Å². The van der Waals surface area contributed by atoms with Gasteiger partial charge in [-0.2, -0.15) is 0 Å². The third-order valence-corrected chi connectivity index (χ3v) is 6.82. The average molecular weight is 536 g/mol. The zero-order chi connectivity index (χ0) is 27.3. The van der Waals surface area contributed by atoms with Gasteiger partial charge in [-0.25, -0.2) is 0 Å². The van der Waals surface area contributed by atoms with Crippen LogP contribution in [0.25, 0.3) is 21.9 Å². The number of hydrogen-bond acceptors (Lipinski definition) is 13. The van der Waals surface area contributed by atoms with Crippen molar-refractivity contribution in [2.75, 3.05) is 6.61 Å². The molecule has 10 atom stereocenters. The normalized spacial score (nSPS) is 36.0. The zero-order valence-electron chi connectivity index (χ0n) is 20.0. The molecule has 2 fully saturated rings. The van der Waals surface area contributed by atoms with Gasteiger partial charge >= 0.3 is 0 Å². The molecule has 0 radical (unpaired) electrons. The topological polar surface area (TPSA) is 209 Å². The Morgan fingerprint density at radius 2 is 1.63 bits per heavy atom. The molecule has 0 saturated carbocycles. The second kappa shape index (κ2) is 10.4. The third kappa shape index (κ3) is 4.62. The maximum atomic E-state index is 13.1. The molecule has 1 aromatic heterocycles. The van der Waals surface area contributed by atoms with Gasteiger partial charge in [0.2, 0.25) is 11.7 Å². The van der Waals surface area contributed by atoms with Gasteiger partial charge in [-0.15, -0.1) is 0 Å². The molecule has 5 rings (SSSR count). The van der Waals surface area contributed by atoms with E-state index in [0.717, 1.165) is 0 Å². The fraction of sp³-hybridized carbons (Fsp3) is 0.480. The molecule has 0 amide bonds. The highest BCUT2D eigenvalue weighted by Crippen LogP contribution is 2.32. The zero-order valence-corrected chi connectivity index (χ0v) is 20.0. The summed E-state index contributed by atoms with van der Waals surface area (Å²) in [5.41, 5.74) is -0.122. The maximum absolute atomic E-state index is 13.1. The molecule has 2 aliphatic rings. The summed E-state index contributed by atoms with van der Waals surface area (Å²) in [7, 11) is 0. The highest BCUT2D eigenvalue weighted by molar-refractivity contribution is 5.93. The van der Waals surface area contributed by atoms with Gasteiger partial charge in [0, 0.05) is 0 Å². The maximum Gasteiger partial charge on any atom is 0.229 e. The smallest absolute Gasteiger partial charge is 0.229 e. The molecule has 0 bridgehead atoms. The quantitative estimate of drug-likeness (QED) is 0.189. The Hall–Kier alpha value is -2.85. The van der Waals surface area contributed by atoms with Crippen molar-refractivity contribution in [1.29, 1.82) is 0 Å². The second-order valence-electron chi connectivity index (χ2n) is 9.35. The fourth-order valence-electron chi connectivity index (χ4n) is 4.65. The third-order valence-electron chi connectivity index (χ3n) is 6.82. The van der Waals surface area contributed by atoms with E-state index in [1.165, 1.54) is 37.3 Å². The van der Waals surface area contributed by atoms with Crippen LogP contribution in [0.2, 0.25) is 0 Å². The molecule has 3 aromatic rings. The van der Waals surface area contributed by atoms with Gasteiger partial charge < -0.3 is 59.1 Å². The minimum absolute atomic E-state index is 0.0236. The molecule has 0 unspecified atom stereocenters. The van der Waals surface area contributed by atoms with Crippen LogP contribution in [0.5, 0.6) is 11.5 Å². The highest BCUT2D eigenvalue weighted by Gasteiger charge is 2.50. The van der Waals surface area contributed by atoms with Crippen molar-refractivity contribution in [3.8, 4) is 11.5 Å². The summed E-state index contributed by atoms with van der Waals surface area (Å²) in [6, 6.07) is 8.65. The van der Waals surface area contributed by atoms with Gasteiger partial charge in [0.1, 0.15) is 64.7 Å². The van der Waals surface area contributed by atoms with Gasteiger partial charge in [0.25, 0.3) is 0 Å². The van der Waals surface area contributed by atoms with Crippen molar-refractivity contribution in [3.05, 3.63) is 46.6 Å². The molecule has 2 saturated heterocycles. The number of phenols is 1. The van der Waals surface area contributed by atoms with E-state index in [1.807, 2.05) is 0 Å². The minimum Gasteiger partial charge on any atom is -0.507 e. The first-order chi connectivity index (χ1) is 18.1. The van der Waals surface area contributed by atoms with E-state index in [2.05, 4.69) is 0 Å². The molecular formula is C25H28O13. The first-order valence-electron chi connectivity index (χ1n) is 11.9. The van der Waals surface area contributed by atoms with E-state index in [1.54, 1.807) is 6.07 Å². The number of phenolic OH excluding ortho intramolecular Hbond substituents is 1. The largest absolute Gasteiger partial charge is 0.507 e. The lowest BCUT2D eigenvalue weighted by atomic mass is 9.97. The van der Waals surface area contributed by atoms with Crippen LogP contribution < -0.4 is 10.2 Å². The fourth-order valence-corrected chi connectivity index (χ4v) is 4.65. The van der Waals surface area contributed by atoms with E-state index >= 15 is 0 Å². The minimum atomic E-state index is -1.71. The molecule has 13 heteroatoms. The standard InChI is InChI=1S/C25H28O13/c1-9-17(28)20(31)22(33)24(34-9)38-23-21(32)19(30)15(8-26)37-25(23)35-10-5-6-13-11(7-10)18(29)16-12(27)3-2-4-14(16)36-13/h2-7,9,15,17,19-28,30-33H,8H2,1H3/t9-,15-,17-,19-,20-,21-,22-,23+,24-,25+/m0/s1. The number of rotatable bonds is 5. The molecule has 0 aliphatic carbocycles. The first kappa shape index (κ1) is 26.7. The summed E-state index contributed by atoms with van der Waals surface area (Å²) in [4.78, 5) is 13.1.